The highest BCUT2D eigenvalue weighted by Gasteiger charge is 2.29. The van der Waals surface area contributed by atoms with Crippen LogP contribution in [0.3, 0.4) is 0 Å². The molecule has 0 aliphatic carbocycles. The molecule has 0 spiro atoms. The predicted molar refractivity (Wildman–Crippen MR) is 70.8 cm³/mol. The van der Waals surface area contributed by atoms with Crippen molar-refractivity contribution in [2.45, 2.75) is 45.8 Å². The van der Waals surface area contributed by atoms with E-state index in [0.717, 1.165) is 0 Å². The van der Waals surface area contributed by atoms with Gasteiger partial charge in [0, 0.05) is 13.1 Å². The van der Waals surface area contributed by atoms with Gasteiger partial charge in [0.2, 0.25) is 0 Å². The summed E-state index contributed by atoms with van der Waals surface area (Å²) in [6.07, 6.45) is 0.568. The number of carboxylic acid groups (broad SMARTS) is 1. The van der Waals surface area contributed by atoms with Crippen molar-refractivity contribution in [1.29, 1.82) is 0 Å². The van der Waals surface area contributed by atoms with Crippen molar-refractivity contribution in [3.05, 3.63) is 0 Å². The summed E-state index contributed by atoms with van der Waals surface area (Å²) in [6.45, 7) is 6.64. The Morgan fingerprint density at radius 2 is 2.05 bits per heavy atom. The van der Waals surface area contributed by atoms with E-state index in [1.807, 2.05) is 20.8 Å². The number of carbonyl (C=O) groups is 2. The van der Waals surface area contributed by atoms with Gasteiger partial charge in [0.05, 0.1) is 6.10 Å². The molecule has 0 radical (unpaired) electrons. The molecule has 1 rings (SSSR count). The van der Waals surface area contributed by atoms with Gasteiger partial charge in [-0.1, -0.05) is 20.8 Å². The van der Waals surface area contributed by atoms with Crippen molar-refractivity contribution in [3.8, 4) is 0 Å². The minimum Gasteiger partial charge on any atom is -0.480 e. The number of likely N-dealkylation sites (tertiary alicyclic amines) is 1. The summed E-state index contributed by atoms with van der Waals surface area (Å²) in [5.41, 5.74) is 0. The van der Waals surface area contributed by atoms with Crippen LogP contribution in [0.15, 0.2) is 0 Å². The maximum atomic E-state index is 12.0. The van der Waals surface area contributed by atoms with Gasteiger partial charge in [-0.3, -0.25) is 0 Å². The van der Waals surface area contributed by atoms with Crippen LogP contribution in [0.5, 0.6) is 0 Å². The molecule has 3 N–H and O–H groups in total. The standard InChI is InChI=1S/C13H24N2O4/c1-8(2)6-10(12(17)18)14-13(19)15-5-4-11(16)9(3)7-15/h8-11,16H,4-7H2,1-3H3,(H,14,19)(H,17,18)/t9?,10-,11?/m0/s1. The van der Waals surface area contributed by atoms with E-state index in [-0.39, 0.29) is 24.0 Å². The fourth-order valence-corrected chi connectivity index (χ4v) is 2.25. The number of nitrogens with one attached hydrogen (secondary N) is 1. The third-order valence-electron chi connectivity index (χ3n) is 3.45. The highest BCUT2D eigenvalue weighted by Crippen LogP contribution is 2.16. The zero-order chi connectivity index (χ0) is 14.6. The zero-order valence-corrected chi connectivity index (χ0v) is 11.8. The van der Waals surface area contributed by atoms with E-state index < -0.39 is 12.0 Å². The molecule has 6 heteroatoms. The first-order valence-corrected chi connectivity index (χ1v) is 6.77. The molecule has 0 aromatic rings. The Morgan fingerprint density at radius 1 is 1.42 bits per heavy atom. The van der Waals surface area contributed by atoms with Crippen molar-refractivity contribution in [2.24, 2.45) is 11.8 Å². The number of aliphatic hydroxyl groups is 1. The lowest BCUT2D eigenvalue weighted by atomic mass is 9.97. The highest BCUT2D eigenvalue weighted by atomic mass is 16.4. The fraction of sp³-hybridized carbons (Fsp3) is 0.846. The molecule has 1 aliphatic rings. The van der Waals surface area contributed by atoms with Crippen molar-refractivity contribution in [3.63, 3.8) is 0 Å². The van der Waals surface area contributed by atoms with Crippen LogP contribution < -0.4 is 5.32 Å². The second-order valence-electron chi connectivity index (χ2n) is 5.75. The van der Waals surface area contributed by atoms with Gasteiger partial charge in [-0.25, -0.2) is 9.59 Å². The van der Waals surface area contributed by atoms with Crippen LogP contribution in [0.2, 0.25) is 0 Å². The summed E-state index contributed by atoms with van der Waals surface area (Å²) in [6, 6.07) is -1.21. The minimum absolute atomic E-state index is 0.0212. The summed E-state index contributed by atoms with van der Waals surface area (Å²) in [4.78, 5) is 24.7. The number of carboxylic acids is 1. The molecule has 0 bridgehead atoms. The molecular formula is C13H24N2O4. The van der Waals surface area contributed by atoms with Crippen LogP contribution in [0.1, 0.15) is 33.6 Å². The van der Waals surface area contributed by atoms with E-state index in [0.29, 0.717) is 25.9 Å². The number of aliphatic carboxylic acids is 1. The van der Waals surface area contributed by atoms with Gasteiger partial charge in [0.15, 0.2) is 0 Å². The van der Waals surface area contributed by atoms with Gasteiger partial charge >= 0.3 is 12.0 Å². The molecule has 6 nitrogen and oxygen atoms in total. The number of carbonyl (C=O) groups excluding carboxylic acids is 1. The first-order chi connectivity index (χ1) is 8.81. The second kappa shape index (κ2) is 6.75. The molecule has 0 saturated carbocycles. The quantitative estimate of drug-likeness (QED) is 0.709. The van der Waals surface area contributed by atoms with Gasteiger partial charge < -0.3 is 20.4 Å². The van der Waals surface area contributed by atoms with Gasteiger partial charge in [0.1, 0.15) is 6.04 Å². The maximum absolute atomic E-state index is 12.0. The number of urea groups is 1. The normalized spacial score (nSPS) is 25.2. The molecule has 110 valence electrons. The molecule has 0 aromatic carbocycles. The molecule has 1 saturated heterocycles. The van der Waals surface area contributed by atoms with Crippen molar-refractivity contribution >= 4 is 12.0 Å². The number of rotatable bonds is 4. The first-order valence-electron chi connectivity index (χ1n) is 6.77. The third-order valence-corrected chi connectivity index (χ3v) is 3.45. The van der Waals surface area contributed by atoms with Gasteiger partial charge in [0.25, 0.3) is 0 Å². The molecule has 3 atom stereocenters. The zero-order valence-electron chi connectivity index (χ0n) is 11.8. The molecule has 2 amide bonds. The Kier molecular flexibility index (Phi) is 5.60. The fourth-order valence-electron chi connectivity index (χ4n) is 2.25. The first kappa shape index (κ1) is 15.8. The number of amides is 2. The largest absolute Gasteiger partial charge is 0.480 e. The van der Waals surface area contributed by atoms with Gasteiger partial charge in [-0.2, -0.15) is 0 Å². The predicted octanol–water partition coefficient (Wildman–Crippen LogP) is 0.898. The SMILES string of the molecule is CC(C)C[C@H](NC(=O)N1CCC(O)C(C)C1)C(=O)O. The minimum atomic E-state index is -1.01. The summed E-state index contributed by atoms with van der Waals surface area (Å²) in [5.74, 6) is -0.788. The molecule has 0 aromatic heterocycles. The number of piperidine rings is 1. The van der Waals surface area contributed by atoms with Crippen LogP contribution in [0.4, 0.5) is 4.79 Å². The monoisotopic (exact) mass is 272 g/mol. The van der Waals surface area contributed by atoms with Crippen molar-refractivity contribution < 1.29 is 19.8 Å². The molecule has 1 fully saturated rings. The molecule has 1 aliphatic heterocycles. The van der Waals surface area contributed by atoms with Crippen LogP contribution in [0.25, 0.3) is 0 Å². The molecular weight excluding hydrogens is 248 g/mol. The van der Waals surface area contributed by atoms with Crippen molar-refractivity contribution in [2.75, 3.05) is 13.1 Å². The summed E-state index contributed by atoms with van der Waals surface area (Å²) in [5, 5.41) is 21.3. The van der Waals surface area contributed by atoms with E-state index in [9.17, 15) is 14.7 Å². The van der Waals surface area contributed by atoms with E-state index in [2.05, 4.69) is 5.32 Å². The average Bonchev–Trinajstić information content (AvgIpc) is 2.31. The van der Waals surface area contributed by atoms with Gasteiger partial charge in [-0.05, 0) is 24.7 Å². The van der Waals surface area contributed by atoms with Crippen LogP contribution in [-0.4, -0.2) is 52.3 Å². The number of hydrogen-bond donors (Lipinski definition) is 3. The Hall–Kier alpha value is -1.30. The topological polar surface area (TPSA) is 89.9 Å². The van der Waals surface area contributed by atoms with E-state index in [1.165, 1.54) is 0 Å². The Morgan fingerprint density at radius 3 is 2.53 bits per heavy atom. The lowest BCUT2D eigenvalue weighted by molar-refractivity contribution is -0.139. The lowest BCUT2D eigenvalue weighted by Crippen LogP contribution is -2.53. The highest BCUT2D eigenvalue weighted by molar-refractivity contribution is 5.82. The van der Waals surface area contributed by atoms with E-state index >= 15 is 0 Å². The Balaban J connectivity index is 2.55. The maximum Gasteiger partial charge on any atom is 0.326 e. The Labute approximate surface area is 113 Å². The van der Waals surface area contributed by atoms with E-state index in [1.54, 1.807) is 4.90 Å². The van der Waals surface area contributed by atoms with Gasteiger partial charge in [-0.15, -0.1) is 0 Å². The van der Waals surface area contributed by atoms with E-state index in [4.69, 9.17) is 5.11 Å². The summed E-state index contributed by atoms with van der Waals surface area (Å²) >= 11 is 0. The number of nitrogens with zero attached hydrogens (tertiary/aromatic N) is 1. The smallest absolute Gasteiger partial charge is 0.326 e. The molecule has 19 heavy (non-hydrogen) atoms. The number of hydrogen-bond acceptors (Lipinski definition) is 3. The van der Waals surface area contributed by atoms with Crippen molar-refractivity contribution in [1.82, 2.24) is 10.2 Å². The molecule has 2 unspecified atom stereocenters. The Bertz CT molecular complexity index is 333. The third kappa shape index (κ3) is 4.70. The summed E-state index contributed by atoms with van der Waals surface area (Å²) in [7, 11) is 0. The average molecular weight is 272 g/mol. The van der Waals surface area contributed by atoms with Crippen LogP contribution in [0, 0.1) is 11.8 Å². The number of aliphatic hydroxyl groups excluding tert-OH is 1. The second-order valence-corrected chi connectivity index (χ2v) is 5.75. The molecule has 1 heterocycles. The van der Waals surface area contributed by atoms with Crippen LogP contribution in [-0.2, 0) is 4.79 Å². The summed E-state index contributed by atoms with van der Waals surface area (Å²) < 4.78 is 0. The lowest BCUT2D eigenvalue weighted by Gasteiger charge is -2.35. The van der Waals surface area contributed by atoms with Crippen LogP contribution >= 0.6 is 0 Å².